The molecule has 6 heteroatoms. The van der Waals surface area contributed by atoms with E-state index in [4.69, 9.17) is 0 Å². The normalized spacial score (nSPS) is 10.7. The zero-order valence-corrected chi connectivity index (χ0v) is 11.5. The van der Waals surface area contributed by atoms with Gasteiger partial charge < -0.3 is 5.32 Å². The van der Waals surface area contributed by atoms with Gasteiger partial charge in [0.25, 0.3) is 0 Å². The zero-order chi connectivity index (χ0) is 13.9. The van der Waals surface area contributed by atoms with Crippen LogP contribution in [0.15, 0.2) is 43.1 Å². The quantitative estimate of drug-likeness (QED) is 0.785. The summed E-state index contributed by atoms with van der Waals surface area (Å²) in [6.45, 7) is 2.74. The van der Waals surface area contributed by atoms with Crippen LogP contribution in [0.3, 0.4) is 0 Å². The van der Waals surface area contributed by atoms with Gasteiger partial charge in [0.15, 0.2) is 0 Å². The highest BCUT2D eigenvalue weighted by molar-refractivity contribution is 5.60. The third-order valence-electron chi connectivity index (χ3n) is 3.15. The molecule has 0 radical (unpaired) electrons. The highest BCUT2D eigenvalue weighted by Gasteiger charge is 2.06. The van der Waals surface area contributed by atoms with Gasteiger partial charge in [0.05, 0.1) is 17.1 Å². The monoisotopic (exact) mass is 268 g/mol. The Kier molecular flexibility index (Phi) is 3.20. The molecule has 2 aromatic heterocycles. The lowest BCUT2D eigenvalue weighted by molar-refractivity contribution is 0.756. The molecule has 6 nitrogen and oxygen atoms in total. The largest absolute Gasteiger partial charge is 0.379 e. The van der Waals surface area contributed by atoms with Crippen molar-refractivity contribution in [2.24, 2.45) is 7.05 Å². The SMILES string of the molecule is Cc1nn(C)cc1CNc1ccccc1-n1cncn1. The van der Waals surface area contributed by atoms with Crippen LogP contribution >= 0.6 is 0 Å². The van der Waals surface area contributed by atoms with Crippen molar-refractivity contribution in [2.75, 3.05) is 5.32 Å². The Morgan fingerprint density at radius 1 is 1.25 bits per heavy atom. The standard InChI is InChI=1S/C14H16N6/c1-11-12(8-19(2)18-11)7-16-13-5-3-4-6-14(13)20-10-15-9-17-20/h3-6,8-10,16H,7H2,1-2H3. The third kappa shape index (κ3) is 2.40. The fourth-order valence-electron chi connectivity index (χ4n) is 2.17. The van der Waals surface area contributed by atoms with Crippen LogP contribution in [0.5, 0.6) is 0 Å². The summed E-state index contributed by atoms with van der Waals surface area (Å²) in [5.41, 5.74) is 4.21. The second-order valence-electron chi connectivity index (χ2n) is 4.62. The van der Waals surface area contributed by atoms with Crippen molar-refractivity contribution >= 4 is 5.69 Å². The summed E-state index contributed by atoms with van der Waals surface area (Å²) < 4.78 is 3.58. The lowest BCUT2D eigenvalue weighted by Crippen LogP contribution is -2.05. The number of aryl methyl sites for hydroxylation is 2. The van der Waals surface area contributed by atoms with Crippen LogP contribution in [0.4, 0.5) is 5.69 Å². The molecule has 3 aromatic rings. The summed E-state index contributed by atoms with van der Waals surface area (Å²) in [6, 6.07) is 8.02. The molecule has 3 rings (SSSR count). The van der Waals surface area contributed by atoms with Gasteiger partial charge in [-0.25, -0.2) is 9.67 Å². The van der Waals surface area contributed by atoms with E-state index in [2.05, 4.69) is 20.5 Å². The Morgan fingerprint density at radius 3 is 2.80 bits per heavy atom. The van der Waals surface area contributed by atoms with Crippen LogP contribution in [0.2, 0.25) is 0 Å². The van der Waals surface area contributed by atoms with E-state index in [0.717, 1.165) is 23.6 Å². The first-order valence-electron chi connectivity index (χ1n) is 6.41. The maximum Gasteiger partial charge on any atom is 0.138 e. The lowest BCUT2D eigenvalue weighted by Gasteiger charge is -2.11. The summed E-state index contributed by atoms with van der Waals surface area (Å²) in [5, 5.41) is 11.9. The van der Waals surface area contributed by atoms with Gasteiger partial charge in [-0.1, -0.05) is 12.1 Å². The maximum absolute atomic E-state index is 4.34. The smallest absolute Gasteiger partial charge is 0.138 e. The number of para-hydroxylation sites is 2. The van der Waals surface area contributed by atoms with Gasteiger partial charge >= 0.3 is 0 Å². The number of nitrogens with zero attached hydrogens (tertiary/aromatic N) is 5. The topological polar surface area (TPSA) is 60.6 Å². The molecule has 0 atom stereocenters. The Balaban J connectivity index is 1.83. The van der Waals surface area contributed by atoms with Crippen LogP contribution < -0.4 is 5.32 Å². The molecule has 0 saturated heterocycles. The number of hydrogen-bond acceptors (Lipinski definition) is 4. The van der Waals surface area contributed by atoms with Crippen molar-refractivity contribution in [2.45, 2.75) is 13.5 Å². The third-order valence-corrected chi connectivity index (χ3v) is 3.15. The minimum Gasteiger partial charge on any atom is -0.379 e. The van der Waals surface area contributed by atoms with E-state index in [1.807, 2.05) is 49.1 Å². The molecular weight excluding hydrogens is 252 g/mol. The van der Waals surface area contributed by atoms with Gasteiger partial charge in [0, 0.05) is 25.4 Å². The van der Waals surface area contributed by atoms with Crippen molar-refractivity contribution in [3.8, 4) is 5.69 Å². The molecule has 0 saturated carbocycles. The molecule has 1 N–H and O–H groups in total. The van der Waals surface area contributed by atoms with Crippen molar-refractivity contribution in [3.05, 3.63) is 54.4 Å². The van der Waals surface area contributed by atoms with E-state index in [-0.39, 0.29) is 0 Å². The zero-order valence-electron chi connectivity index (χ0n) is 11.5. The molecule has 0 spiro atoms. The molecule has 0 aliphatic heterocycles. The number of hydrogen-bond donors (Lipinski definition) is 1. The minimum atomic E-state index is 0.728. The molecule has 0 aliphatic carbocycles. The highest BCUT2D eigenvalue weighted by atomic mass is 15.3. The Morgan fingerprint density at radius 2 is 2.10 bits per heavy atom. The molecule has 0 bridgehead atoms. The van der Waals surface area contributed by atoms with Gasteiger partial charge in [-0.15, -0.1) is 0 Å². The van der Waals surface area contributed by atoms with Crippen LogP contribution in [-0.2, 0) is 13.6 Å². The molecule has 0 fully saturated rings. The fraction of sp³-hybridized carbons (Fsp3) is 0.214. The summed E-state index contributed by atoms with van der Waals surface area (Å²) >= 11 is 0. The van der Waals surface area contributed by atoms with Crippen molar-refractivity contribution < 1.29 is 0 Å². The van der Waals surface area contributed by atoms with E-state index in [1.165, 1.54) is 11.9 Å². The molecule has 0 unspecified atom stereocenters. The number of nitrogens with one attached hydrogen (secondary N) is 1. The van der Waals surface area contributed by atoms with Gasteiger partial charge in [0.1, 0.15) is 12.7 Å². The molecule has 0 amide bonds. The number of aromatic nitrogens is 5. The van der Waals surface area contributed by atoms with Crippen LogP contribution in [0.25, 0.3) is 5.69 Å². The van der Waals surface area contributed by atoms with E-state index in [1.54, 1.807) is 11.0 Å². The fourth-order valence-corrected chi connectivity index (χ4v) is 2.17. The summed E-state index contributed by atoms with van der Waals surface area (Å²) in [5.74, 6) is 0. The highest BCUT2D eigenvalue weighted by Crippen LogP contribution is 2.19. The Labute approximate surface area is 117 Å². The molecule has 0 aliphatic rings. The molecule has 102 valence electrons. The van der Waals surface area contributed by atoms with E-state index >= 15 is 0 Å². The summed E-state index contributed by atoms with van der Waals surface area (Å²) in [4.78, 5) is 3.99. The van der Waals surface area contributed by atoms with Crippen LogP contribution in [0.1, 0.15) is 11.3 Å². The van der Waals surface area contributed by atoms with Gasteiger partial charge in [-0.3, -0.25) is 4.68 Å². The number of benzene rings is 1. The van der Waals surface area contributed by atoms with E-state index in [9.17, 15) is 0 Å². The lowest BCUT2D eigenvalue weighted by atomic mass is 10.2. The van der Waals surface area contributed by atoms with Gasteiger partial charge in [-0.05, 0) is 19.1 Å². The predicted octanol–water partition coefficient (Wildman–Crippen LogP) is 1.92. The number of anilines is 1. The molecule has 20 heavy (non-hydrogen) atoms. The second kappa shape index (κ2) is 5.16. The van der Waals surface area contributed by atoms with Crippen molar-refractivity contribution in [1.29, 1.82) is 0 Å². The molecule has 1 aromatic carbocycles. The summed E-state index contributed by atoms with van der Waals surface area (Å²) in [7, 11) is 1.93. The Hall–Kier alpha value is -2.63. The van der Waals surface area contributed by atoms with Gasteiger partial charge in [-0.2, -0.15) is 10.2 Å². The average molecular weight is 268 g/mol. The van der Waals surface area contributed by atoms with Gasteiger partial charge in [0.2, 0.25) is 0 Å². The minimum absolute atomic E-state index is 0.728. The number of rotatable bonds is 4. The first-order valence-corrected chi connectivity index (χ1v) is 6.41. The molecule has 2 heterocycles. The summed E-state index contributed by atoms with van der Waals surface area (Å²) in [6.07, 6.45) is 5.25. The van der Waals surface area contributed by atoms with Crippen molar-refractivity contribution in [1.82, 2.24) is 24.5 Å². The Bertz CT molecular complexity index is 698. The van der Waals surface area contributed by atoms with E-state index < -0.39 is 0 Å². The average Bonchev–Trinajstić information content (AvgIpc) is 3.07. The first-order chi connectivity index (χ1) is 9.74. The predicted molar refractivity (Wildman–Crippen MR) is 76.6 cm³/mol. The van der Waals surface area contributed by atoms with Crippen molar-refractivity contribution in [3.63, 3.8) is 0 Å². The maximum atomic E-state index is 4.34. The van der Waals surface area contributed by atoms with Crippen LogP contribution in [0, 0.1) is 6.92 Å². The van der Waals surface area contributed by atoms with E-state index in [0.29, 0.717) is 0 Å². The second-order valence-corrected chi connectivity index (χ2v) is 4.62. The molecular formula is C14H16N6. The van der Waals surface area contributed by atoms with Crippen LogP contribution in [-0.4, -0.2) is 24.5 Å². The first kappa shape index (κ1) is 12.4.